The molecule has 0 aliphatic rings. The summed E-state index contributed by atoms with van der Waals surface area (Å²) in [5.74, 6) is 1.81. The Morgan fingerprint density at radius 2 is 1.44 bits per heavy atom. The highest BCUT2D eigenvalue weighted by molar-refractivity contribution is 7.99. The van der Waals surface area contributed by atoms with Gasteiger partial charge in [-0.2, -0.15) is 0 Å². The molecule has 0 amide bonds. The summed E-state index contributed by atoms with van der Waals surface area (Å²) >= 11 is 1.73. The molecule has 0 bridgehead atoms. The van der Waals surface area contributed by atoms with Crippen LogP contribution in [0.15, 0.2) is 84.5 Å². The van der Waals surface area contributed by atoms with E-state index in [-0.39, 0.29) is 0 Å². The molecule has 0 N–H and O–H groups in total. The van der Waals surface area contributed by atoms with E-state index in [1.807, 2.05) is 30.6 Å². The van der Waals surface area contributed by atoms with Crippen molar-refractivity contribution in [2.45, 2.75) is 18.1 Å². The molecule has 0 atom stereocenters. The van der Waals surface area contributed by atoms with Crippen molar-refractivity contribution < 1.29 is 0 Å². The Bertz CT molecular complexity index is 971. The van der Waals surface area contributed by atoms with Gasteiger partial charge in [-0.3, -0.25) is 14.5 Å². The first-order chi connectivity index (χ1) is 13.4. The molecule has 3 aromatic heterocycles. The van der Waals surface area contributed by atoms with Crippen molar-refractivity contribution in [3.8, 4) is 11.4 Å². The number of rotatable bonds is 7. The lowest BCUT2D eigenvalue weighted by Crippen LogP contribution is -2.04. The average Bonchev–Trinajstić information content (AvgIpc) is 3.13. The van der Waals surface area contributed by atoms with Crippen molar-refractivity contribution in [3.63, 3.8) is 0 Å². The zero-order valence-corrected chi connectivity index (χ0v) is 15.6. The van der Waals surface area contributed by atoms with E-state index in [4.69, 9.17) is 0 Å². The maximum atomic E-state index is 4.46. The molecular weight excluding hydrogens is 354 g/mol. The van der Waals surface area contributed by atoms with Crippen LogP contribution in [0.5, 0.6) is 0 Å². The second-order valence-corrected chi connectivity index (χ2v) is 7.13. The molecule has 0 spiro atoms. The lowest BCUT2D eigenvalue weighted by Gasteiger charge is -2.10. The van der Waals surface area contributed by atoms with E-state index in [9.17, 15) is 0 Å². The lowest BCUT2D eigenvalue weighted by molar-refractivity contribution is 0.714. The first-order valence-corrected chi connectivity index (χ1v) is 9.78. The third kappa shape index (κ3) is 4.41. The van der Waals surface area contributed by atoms with E-state index in [1.54, 1.807) is 24.2 Å². The summed E-state index contributed by atoms with van der Waals surface area (Å²) in [4.78, 5) is 8.18. The Kier molecular flexibility index (Phi) is 5.55. The summed E-state index contributed by atoms with van der Waals surface area (Å²) in [6, 6.07) is 18.4. The van der Waals surface area contributed by atoms with Crippen molar-refractivity contribution in [3.05, 3.63) is 90.5 Å². The topological polar surface area (TPSA) is 56.5 Å². The van der Waals surface area contributed by atoms with Gasteiger partial charge in [0.05, 0.1) is 6.54 Å². The van der Waals surface area contributed by atoms with E-state index in [2.05, 4.69) is 61.1 Å². The second-order valence-electron chi connectivity index (χ2n) is 6.07. The van der Waals surface area contributed by atoms with Gasteiger partial charge in [0, 0.05) is 36.1 Å². The van der Waals surface area contributed by atoms with Gasteiger partial charge in [-0.05, 0) is 41.8 Å². The fraction of sp³-hybridized carbons (Fsp3) is 0.143. The minimum atomic E-state index is 0.739. The molecule has 1 aromatic carbocycles. The smallest absolute Gasteiger partial charge is 0.191 e. The molecule has 0 saturated carbocycles. The maximum Gasteiger partial charge on any atom is 0.191 e. The molecule has 5 nitrogen and oxygen atoms in total. The number of nitrogens with zero attached hydrogens (tertiary/aromatic N) is 5. The van der Waals surface area contributed by atoms with Crippen LogP contribution in [0, 0.1) is 0 Å². The summed E-state index contributed by atoms with van der Waals surface area (Å²) in [6.45, 7) is 0.739. The predicted molar refractivity (Wildman–Crippen MR) is 107 cm³/mol. The van der Waals surface area contributed by atoms with Crippen LogP contribution in [0.3, 0.4) is 0 Å². The summed E-state index contributed by atoms with van der Waals surface area (Å²) < 4.78 is 2.18. The number of aromatic nitrogens is 5. The van der Waals surface area contributed by atoms with Crippen LogP contribution in [0.1, 0.15) is 11.1 Å². The Morgan fingerprint density at radius 1 is 0.741 bits per heavy atom. The van der Waals surface area contributed by atoms with E-state index in [0.29, 0.717) is 0 Å². The first-order valence-electron chi connectivity index (χ1n) is 8.79. The Balaban J connectivity index is 1.57. The highest BCUT2D eigenvalue weighted by Crippen LogP contribution is 2.25. The Morgan fingerprint density at radius 3 is 2.19 bits per heavy atom. The molecule has 0 aliphatic heterocycles. The van der Waals surface area contributed by atoms with Crippen LogP contribution >= 0.6 is 11.8 Å². The molecule has 0 unspecified atom stereocenters. The predicted octanol–water partition coefficient (Wildman–Crippen LogP) is 4.12. The van der Waals surface area contributed by atoms with Gasteiger partial charge in [0.1, 0.15) is 0 Å². The highest BCUT2D eigenvalue weighted by Gasteiger charge is 2.14. The van der Waals surface area contributed by atoms with Gasteiger partial charge in [-0.25, -0.2) is 0 Å². The van der Waals surface area contributed by atoms with Gasteiger partial charge in [0.2, 0.25) is 0 Å². The molecule has 4 rings (SSSR count). The van der Waals surface area contributed by atoms with E-state index in [0.717, 1.165) is 35.3 Å². The van der Waals surface area contributed by atoms with Crippen molar-refractivity contribution in [2.24, 2.45) is 0 Å². The SMILES string of the molecule is c1ccc(Cn2c(SCCc3ccncc3)nnc2-c2ccncc2)cc1. The van der Waals surface area contributed by atoms with Crippen LogP contribution in [0.2, 0.25) is 0 Å². The summed E-state index contributed by atoms with van der Waals surface area (Å²) in [5, 5.41) is 9.86. The number of hydrogen-bond donors (Lipinski definition) is 0. The third-order valence-electron chi connectivity index (χ3n) is 4.21. The van der Waals surface area contributed by atoms with Crippen molar-refractivity contribution >= 4 is 11.8 Å². The number of pyridine rings is 2. The van der Waals surface area contributed by atoms with Gasteiger partial charge >= 0.3 is 0 Å². The Labute approximate surface area is 162 Å². The largest absolute Gasteiger partial charge is 0.298 e. The van der Waals surface area contributed by atoms with Gasteiger partial charge in [0.15, 0.2) is 11.0 Å². The molecule has 0 fully saturated rings. The fourth-order valence-corrected chi connectivity index (χ4v) is 3.75. The zero-order chi connectivity index (χ0) is 18.3. The zero-order valence-electron chi connectivity index (χ0n) is 14.8. The molecule has 3 heterocycles. The normalized spacial score (nSPS) is 10.8. The number of thioether (sulfide) groups is 1. The van der Waals surface area contributed by atoms with Crippen LogP contribution in [-0.4, -0.2) is 30.5 Å². The number of hydrogen-bond acceptors (Lipinski definition) is 5. The molecule has 134 valence electrons. The van der Waals surface area contributed by atoms with Gasteiger partial charge in [-0.15, -0.1) is 10.2 Å². The monoisotopic (exact) mass is 373 g/mol. The Hall–Kier alpha value is -2.99. The lowest BCUT2D eigenvalue weighted by atomic mass is 10.2. The van der Waals surface area contributed by atoms with E-state index < -0.39 is 0 Å². The third-order valence-corrected chi connectivity index (χ3v) is 5.18. The van der Waals surface area contributed by atoms with E-state index >= 15 is 0 Å². The number of benzene rings is 1. The first kappa shape index (κ1) is 17.4. The van der Waals surface area contributed by atoms with Gasteiger partial charge < -0.3 is 0 Å². The van der Waals surface area contributed by atoms with Crippen molar-refractivity contribution in [2.75, 3.05) is 5.75 Å². The molecular formula is C21H19N5S. The molecule has 0 aliphatic carbocycles. The summed E-state index contributed by atoms with van der Waals surface area (Å²) in [5.41, 5.74) is 3.53. The van der Waals surface area contributed by atoms with Crippen LogP contribution in [0.25, 0.3) is 11.4 Å². The molecule has 0 radical (unpaired) electrons. The minimum absolute atomic E-state index is 0.739. The standard InChI is InChI=1S/C21H19N5S/c1-2-4-18(5-3-1)16-26-20(19-8-13-23-14-9-19)24-25-21(26)27-15-10-17-6-11-22-12-7-17/h1-9,11-14H,10,15-16H2. The van der Waals surface area contributed by atoms with Crippen LogP contribution < -0.4 is 0 Å². The van der Waals surface area contributed by atoms with E-state index in [1.165, 1.54) is 11.1 Å². The quantitative estimate of drug-likeness (QED) is 0.456. The molecule has 27 heavy (non-hydrogen) atoms. The van der Waals surface area contributed by atoms with Crippen molar-refractivity contribution in [1.82, 2.24) is 24.7 Å². The maximum absolute atomic E-state index is 4.46. The minimum Gasteiger partial charge on any atom is -0.298 e. The average molecular weight is 373 g/mol. The van der Waals surface area contributed by atoms with Crippen LogP contribution in [-0.2, 0) is 13.0 Å². The van der Waals surface area contributed by atoms with Gasteiger partial charge in [-0.1, -0.05) is 42.1 Å². The highest BCUT2D eigenvalue weighted by atomic mass is 32.2. The number of aryl methyl sites for hydroxylation is 1. The summed E-state index contributed by atoms with van der Waals surface area (Å²) in [6.07, 6.45) is 8.20. The molecule has 4 aromatic rings. The molecule has 6 heteroatoms. The molecule has 0 saturated heterocycles. The van der Waals surface area contributed by atoms with Crippen LogP contribution in [0.4, 0.5) is 0 Å². The fourth-order valence-electron chi connectivity index (χ4n) is 2.83. The second kappa shape index (κ2) is 8.60. The summed E-state index contributed by atoms with van der Waals surface area (Å²) in [7, 11) is 0. The van der Waals surface area contributed by atoms with Crippen molar-refractivity contribution in [1.29, 1.82) is 0 Å². The van der Waals surface area contributed by atoms with Gasteiger partial charge in [0.25, 0.3) is 0 Å².